The van der Waals surface area contributed by atoms with Gasteiger partial charge in [0, 0.05) is 11.3 Å². The molecule has 1 unspecified atom stereocenters. The highest BCUT2D eigenvalue weighted by Gasteiger charge is 2.30. The minimum Gasteiger partial charge on any atom is -0.207 e. The molecule has 2 aromatic rings. The van der Waals surface area contributed by atoms with Gasteiger partial charge in [-0.25, -0.2) is 8.78 Å². The molecule has 0 bridgehead atoms. The van der Waals surface area contributed by atoms with E-state index in [1.165, 1.54) is 12.1 Å². The van der Waals surface area contributed by atoms with Crippen molar-refractivity contribution in [2.45, 2.75) is 25.2 Å². The van der Waals surface area contributed by atoms with E-state index in [9.17, 15) is 8.78 Å². The Hall–Kier alpha value is -1.41. The zero-order chi connectivity index (χ0) is 14.6. The molecule has 0 aliphatic rings. The third-order valence-electron chi connectivity index (χ3n) is 3.86. The Morgan fingerprint density at radius 3 is 2.35 bits per heavy atom. The standard InChI is InChI=1S/C17H17ClF2/c1-2-17(12-18,14-6-4-3-5-7-14)11-13-10-15(19)8-9-16(13)20/h3-10H,2,11-12H2,1H3. The van der Waals surface area contributed by atoms with Crippen molar-refractivity contribution < 1.29 is 8.78 Å². The van der Waals surface area contributed by atoms with Gasteiger partial charge in [-0.05, 0) is 42.2 Å². The number of hydrogen-bond donors (Lipinski definition) is 0. The predicted molar refractivity (Wildman–Crippen MR) is 79.2 cm³/mol. The molecule has 0 spiro atoms. The van der Waals surface area contributed by atoms with Crippen molar-refractivity contribution in [3.8, 4) is 0 Å². The van der Waals surface area contributed by atoms with E-state index < -0.39 is 5.82 Å². The minimum atomic E-state index is -0.422. The molecule has 0 aliphatic heterocycles. The van der Waals surface area contributed by atoms with Gasteiger partial charge < -0.3 is 0 Å². The van der Waals surface area contributed by atoms with Gasteiger partial charge in [-0.2, -0.15) is 0 Å². The van der Waals surface area contributed by atoms with Crippen LogP contribution in [0.25, 0.3) is 0 Å². The van der Waals surface area contributed by atoms with Crippen LogP contribution in [-0.4, -0.2) is 5.88 Å². The Morgan fingerprint density at radius 1 is 1.05 bits per heavy atom. The maximum atomic E-state index is 13.9. The van der Waals surface area contributed by atoms with E-state index in [1.807, 2.05) is 37.3 Å². The van der Waals surface area contributed by atoms with Crippen LogP contribution in [0.4, 0.5) is 8.78 Å². The lowest BCUT2D eigenvalue weighted by Crippen LogP contribution is -2.30. The van der Waals surface area contributed by atoms with Crippen LogP contribution in [-0.2, 0) is 11.8 Å². The molecule has 0 aromatic heterocycles. The van der Waals surface area contributed by atoms with Gasteiger partial charge in [0.05, 0.1) is 0 Å². The van der Waals surface area contributed by atoms with Gasteiger partial charge in [0.2, 0.25) is 0 Å². The van der Waals surface area contributed by atoms with Crippen LogP contribution in [0, 0.1) is 11.6 Å². The van der Waals surface area contributed by atoms with Gasteiger partial charge in [-0.3, -0.25) is 0 Å². The van der Waals surface area contributed by atoms with Crippen LogP contribution in [0.5, 0.6) is 0 Å². The first-order valence-corrected chi connectivity index (χ1v) is 7.20. The summed E-state index contributed by atoms with van der Waals surface area (Å²) < 4.78 is 27.2. The van der Waals surface area contributed by atoms with Gasteiger partial charge in [0.25, 0.3) is 0 Å². The Kier molecular flexibility index (Phi) is 4.77. The van der Waals surface area contributed by atoms with Gasteiger partial charge in [-0.15, -0.1) is 11.6 Å². The van der Waals surface area contributed by atoms with Crippen LogP contribution in [0.3, 0.4) is 0 Å². The van der Waals surface area contributed by atoms with Gasteiger partial charge in [0.1, 0.15) is 11.6 Å². The van der Waals surface area contributed by atoms with Crippen LogP contribution in [0.15, 0.2) is 48.5 Å². The van der Waals surface area contributed by atoms with Crippen molar-refractivity contribution in [1.82, 2.24) is 0 Å². The Balaban J connectivity index is 2.42. The van der Waals surface area contributed by atoms with Crippen molar-refractivity contribution in [2.24, 2.45) is 0 Å². The highest BCUT2D eigenvalue weighted by molar-refractivity contribution is 6.18. The summed E-state index contributed by atoms with van der Waals surface area (Å²) >= 11 is 6.18. The van der Waals surface area contributed by atoms with Crippen LogP contribution in [0.1, 0.15) is 24.5 Å². The Labute approximate surface area is 123 Å². The molecule has 0 fully saturated rings. The third-order valence-corrected chi connectivity index (χ3v) is 4.37. The topological polar surface area (TPSA) is 0 Å². The number of alkyl halides is 1. The first-order chi connectivity index (χ1) is 9.61. The first kappa shape index (κ1) is 15.0. The average molecular weight is 295 g/mol. The molecule has 0 aliphatic carbocycles. The molecular formula is C17H17ClF2. The molecule has 3 heteroatoms. The molecule has 0 heterocycles. The summed E-state index contributed by atoms with van der Waals surface area (Å²) in [7, 11) is 0. The second kappa shape index (κ2) is 6.36. The lowest BCUT2D eigenvalue weighted by Gasteiger charge is -2.31. The number of hydrogen-bond acceptors (Lipinski definition) is 0. The van der Waals surface area contributed by atoms with Crippen LogP contribution in [0.2, 0.25) is 0 Å². The molecule has 0 N–H and O–H groups in total. The van der Waals surface area contributed by atoms with Crippen molar-refractivity contribution in [3.63, 3.8) is 0 Å². The third kappa shape index (κ3) is 3.01. The molecule has 0 nitrogen and oxygen atoms in total. The fraction of sp³-hybridized carbons (Fsp3) is 0.294. The number of halogens is 3. The molecule has 106 valence electrons. The Bertz CT molecular complexity index is 562. The normalized spacial score (nSPS) is 14.0. The molecule has 0 saturated heterocycles. The minimum absolute atomic E-state index is 0.365. The average Bonchev–Trinajstić information content (AvgIpc) is 2.49. The molecule has 20 heavy (non-hydrogen) atoms. The number of benzene rings is 2. The summed E-state index contributed by atoms with van der Waals surface area (Å²) in [5.74, 6) is -0.442. The molecule has 0 amide bonds. The summed E-state index contributed by atoms with van der Waals surface area (Å²) in [6, 6.07) is 13.4. The summed E-state index contributed by atoms with van der Waals surface area (Å²) in [5, 5.41) is 0. The summed E-state index contributed by atoms with van der Waals surface area (Å²) in [6.07, 6.45) is 1.15. The molecule has 0 radical (unpaired) electrons. The molecule has 1 atom stereocenters. The van der Waals surface area contributed by atoms with Crippen LogP contribution >= 0.6 is 11.6 Å². The van der Waals surface area contributed by atoms with Gasteiger partial charge in [-0.1, -0.05) is 37.3 Å². The van der Waals surface area contributed by atoms with Crippen molar-refractivity contribution in [1.29, 1.82) is 0 Å². The van der Waals surface area contributed by atoms with E-state index in [-0.39, 0.29) is 11.2 Å². The smallest absolute Gasteiger partial charge is 0.126 e. The van der Waals surface area contributed by atoms with Crippen LogP contribution < -0.4 is 0 Å². The predicted octanol–water partition coefficient (Wildman–Crippen LogP) is 5.09. The van der Waals surface area contributed by atoms with Gasteiger partial charge >= 0.3 is 0 Å². The van der Waals surface area contributed by atoms with E-state index in [0.717, 1.165) is 18.1 Å². The SMILES string of the molecule is CCC(CCl)(Cc1cc(F)ccc1F)c1ccccc1. The molecule has 2 rings (SSSR count). The highest BCUT2D eigenvalue weighted by atomic mass is 35.5. The van der Waals surface area contributed by atoms with E-state index in [1.54, 1.807) is 0 Å². The molecule has 0 saturated carbocycles. The quantitative estimate of drug-likeness (QED) is 0.674. The van der Waals surface area contributed by atoms with Crippen molar-refractivity contribution in [2.75, 3.05) is 5.88 Å². The maximum absolute atomic E-state index is 13.9. The lowest BCUT2D eigenvalue weighted by atomic mass is 9.75. The zero-order valence-corrected chi connectivity index (χ0v) is 12.1. The highest BCUT2D eigenvalue weighted by Crippen LogP contribution is 2.34. The molecular weight excluding hydrogens is 278 g/mol. The van der Waals surface area contributed by atoms with Crippen molar-refractivity contribution >= 4 is 11.6 Å². The maximum Gasteiger partial charge on any atom is 0.126 e. The lowest BCUT2D eigenvalue weighted by molar-refractivity contribution is 0.444. The van der Waals surface area contributed by atoms with Crippen molar-refractivity contribution in [3.05, 3.63) is 71.3 Å². The Morgan fingerprint density at radius 2 is 1.75 bits per heavy atom. The summed E-state index contributed by atoms with van der Waals surface area (Å²) in [6.45, 7) is 2.02. The summed E-state index contributed by atoms with van der Waals surface area (Å²) in [5.41, 5.74) is 1.05. The zero-order valence-electron chi connectivity index (χ0n) is 11.4. The van der Waals surface area contributed by atoms with E-state index in [0.29, 0.717) is 17.9 Å². The second-order valence-electron chi connectivity index (χ2n) is 5.05. The first-order valence-electron chi connectivity index (χ1n) is 6.67. The van der Waals surface area contributed by atoms with E-state index >= 15 is 0 Å². The fourth-order valence-corrected chi connectivity index (χ4v) is 2.92. The molecule has 2 aromatic carbocycles. The van der Waals surface area contributed by atoms with Gasteiger partial charge in [0.15, 0.2) is 0 Å². The number of rotatable bonds is 5. The monoisotopic (exact) mass is 294 g/mol. The van der Waals surface area contributed by atoms with E-state index in [2.05, 4.69) is 0 Å². The second-order valence-corrected chi connectivity index (χ2v) is 5.31. The largest absolute Gasteiger partial charge is 0.207 e. The van der Waals surface area contributed by atoms with E-state index in [4.69, 9.17) is 11.6 Å². The fourth-order valence-electron chi connectivity index (χ4n) is 2.49. The summed E-state index contributed by atoms with van der Waals surface area (Å²) in [4.78, 5) is 0.